The number of carboxylic acid groups (broad SMARTS) is 1. The maximum Gasteiger partial charge on any atom is 0.410 e. The van der Waals surface area contributed by atoms with Gasteiger partial charge >= 0.3 is 12.1 Å². The van der Waals surface area contributed by atoms with Gasteiger partial charge in [-0.05, 0) is 33.3 Å². The number of aryl methyl sites for hydroxylation is 1. The van der Waals surface area contributed by atoms with Crippen molar-refractivity contribution < 1.29 is 19.4 Å². The fourth-order valence-electron chi connectivity index (χ4n) is 2.25. The van der Waals surface area contributed by atoms with E-state index in [9.17, 15) is 9.59 Å². The van der Waals surface area contributed by atoms with Gasteiger partial charge in [0.15, 0.2) is 0 Å². The molecule has 0 unspecified atom stereocenters. The fraction of sp³-hybridized carbons (Fsp3) is 0.643. The van der Waals surface area contributed by atoms with Crippen molar-refractivity contribution in [1.29, 1.82) is 0 Å². The van der Waals surface area contributed by atoms with Crippen LogP contribution >= 0.6 is 0 Å². The van der Waals surface area contributed by atoms with Gasteiger partial charge in [0.2, 0.25) is 0 Å². The molecular weight excluding hydrogens is 274 g/mol. The van der Waals surface area contributed by atoms with Gasteiger partial charge in [-0.1, -0.05) is 0 Å². The molecule has 0 bridgehead atoms. The highest BCUT2D eigenvalue weighted by molar-refractivity contribution is 5.70. The first-order valence-corrected chi connectivity index (χ1v) is 7.00. The highest BCUT2D eigenvalue weighted by Gasteiger charge is 2.25. The van der Waals surface area contributed by atoms with Crippen LogP contribution in [0.2, 0.25) is 0 Å². The number of rotatable bonds is 2. The van der Waals surface area contributed by atoms with E-state index in [-0.39, 0.29) is 12.5 Å². The average Bonchev–Trinajstić information content (AvgIpc) is 2.55. The van der Waals surface area contributed by atoms with Gasteiger partial charge < -0.3 is 14.7 Å². The molecule has 1 aromatic heterocycles. The molecule has 0 saturated carbocycles. The number of carbonyl (C=O) groups excluding carboxylic acids is 1. The van der Waals surface area contributed by atoms with Crippen LogP contribution in [-0.2, 0) is 29.0 Å². The minimum absolute atomic E-state index is 0.105. The Morgan fingerprint density at radius 3 is 2.71 bits per heavy atom. The predicted octanol–water partition coefficient (Wildman–Crippen LogP) is 1.65. The summed E-state index contributed by atoms with van der Waals surface area (Å²) in [5, 5.41) is 13.1. The Labute approximate surface area is 123 Å². The standard InChI is InChI=1S/C14H21N3O4/c1-14(2,3)21-13(20)16-5-4-6-17-11(9-16)7-10(15-17)8-12(18)19/h7H,4-6,8-9H2,1-3H3,(H,18,19). The summed E-state index contributed by atoms with van der Waals surface area (Å²) in [7, 11) is 0. The number of fused-ring (bicyclic) bond motifs is 1. The van der Waals surface area contributed by atoms with Gasteiger partial charge in [-0.15, -0.1) is 0 Å². The first-order chi connectivity index (χ1) is 9.74. The SMILES string of the molecule is CC(C)(C)OC(=O)N1CCCn2nc(CC(=O)O)cc2C1. The van der Waals surface area contributed by atoms with Gasteiger partial charge in [0, 0.05) is 13.1 Å². The molecule has 1 N–H and O–H groups in total. The van der Waals surface area contributed by atoms with Gasteiger partial charge in [-0.3, -0.25) is 9.48 Å². The molecule has 1 aromatic rings. The van der Waals surface area contributed by atoms with Crippen LogP contribution in [0.1, 0.15) is 38.6 Å². The van der Waals surface area contributed by atoms with Gasteiger partial charge in [0.05, 0.1) is 24.4 Å². The molecule has 116 valence electrons. The van der Waals surface area contributed by atoms with E-state index >= 15 is 0 Å². The molecule has 0 spiro atoms. The first-order valence-electron chi connectivity index (χ1n) is 7.00. The monoisotopic (exact) mass is 295 g/mol. The van der Waals surface area contributed by atoms with E-state index in [1.165, 1.54) is 0 Å². The second-order valence-electron chi connectivity index (χ2n) is 6.18. The molecule has 2 heterocycles. The Hall–Kier alpha value is -2.05. The van der Waals surface area contributed by atoms with Crippen LogP contribution in [0.15, 0.2) is 6.07 Å². The van der Waals surface area contributed by atoms with Crippen molar-refractivity contribution in [3.8, 4) is 0 Å². The second-order valence-corrected chi connectivity index (χ2v) is 6.18. The van der Waals surface area contributed by atoms with E-state index < -0.39 is 11.6 Å². The summed E-state index contributed by atoms with van der Waals surface area (Å²) < 4.78 is 7.16. The zero-order valence-corrected chi connectivity index (χ0v) is 12.6. The predicted molar refractivity (Wildman–Crippen MR) is 74.8 cm³/mol. The van der Waals surface area contributed by atoms with E-state index in [2.05, 4.69) is 5.10 Å². The Morgan fingerprint density at radius 2 is 2.10 bits per heavy atom. The van der Waals surface area contributed by atoms with Crippen molar-refractivity contribution in [2.75, 3.05) is 6.54 Å². The number of hydrogen-bond donors (Lipinski definition) is 1. The van der Waals surface area contributed by atoms with Gasteiger partial charge in [0.1, 0.15) is 5.60 Å². The van der Waals surface area contributed by atoms with E-state index in [0.29, 0.717) is 25.3 Å². The zero-order chi connectivity index (χ0) is 15.6. The smallest absolute Gasteiger partial charge is 0.410 e. The quantitative estimate of drug-likeness (QED) is 0.896. The Morgan fingerprint density at radius 1 is 1.38 bits per heavy atom. The van der Waals surface area contributed by atoms with E-state index in [0.717, 1.165) is 12.1 Å². The van der Waals surface area contributed by atoms with Crippen LogP contribution in [0, 0.1) is 0 Å². The topological polar surface area (TPSA) is 84.7 Å². The van der Waals surface area contributed by atoms with Crippen LogP contribution in [0.4, 0.5) is 4.79 Å². The lowest BCUT2D eigenvalue weighted by atomic mass is 10.2. The molecule has 0 aliphatic carbocycles. The highest BCUT2D eigenvalue weighted by atomic mass is 16.6. The molecule has 1 amide bonds. The number of amides is 1. The Balaban J connectivity index is 2.11. The maximum absolute atomic E-state index is 12.1. The Bertz CT molecular complexity index is 545. The summed E-state index contributed by atoms with van der Waals surface area (Å²) in [6, 6.07) is 1.75. The van der Waals surface area contributed by atoms with Crippen LogP contribution in [0.25, 0.3) is 0 Å². The fourth-order valence-corrected chi connectivity index (χ4v) is 2.25. The third kappa shape index (κ3) is 4.21. The molecule has 2 rings (SSSR count). The normalized spacial score (nSPS) is 15.3. The Kier molecular flexibility index (Phi) is 4.20. The number of aliphatic carboxylic acids is 1. The van der Waals surface area contributed by atoms with E-state index in [4.69, 9.17) is 9.84 Å². The molecule has 0 saturated heterocycles. The van der Waals surface area contributed by atoms with Crippen molar-refractivity contribution in [2.45, 2.75) is 52.3 Å². The number of carbonyl (C=O) groups is 2. The number of hydrogen-bond acceptors (Lipinski definition) is 4. The van der Waals surface area contributed by atoms with Gasteiger partial charge in [-0.25, -0.2) is 4.79 Å². The molecular formula is C14H21N3O4. The zero-order valence-electron chi connectivity index (χ0n) is 12.6. The number of carboxylic acids is 1. The number of nitrogens with zero attached hydrogens (tertiary/aromatic N) is 3. The molecule has 0 radical (unpaired) electrons. The number of aromatic nitrogens is 2. The lowest BCUT2D eigenvalue weighted by Gasteiger charge is -2.26. The van der Waals surface area contributed by atoms with Crippen molar-refractivity contribution in [3.05, 3.63) is 17.5 Å². The summed E-state index contributed by atoms with van der Waals surface area (Å²) in [6.07, 6.45) is 0.310. The summed E-state index contributed by atoms with van der Waals surface area (Å²) in [6.45, 7) is 7.16. The highest BCUT2D eigenvalue weighted by Crippen LogP contribution is 2.17. The van der Waals surface area contributed by atoms with Crippen molar-refractivity contribution in [3.63, 3.8) is 0 Å². The van der Waals surface area contributed by atoms with Crippen LogP contribution in [-0.4, -0.2) is 44.0 Å². The molecule has 1 aliphatic rings. The molecule has 21 heavy (non-hydrogen) atoms. The first kappa shape index (κ1) is 15.3. The molecule has 0 fully saturated rings. The van der Waals surface area contributed by atoms with Crippen molar-refractivity contribution >= 4 is 12.1 Å². The summed E-state index contributed by atoms with van der Waals surface area (Å²) in [5.41, 5.74) is 0.830. The third-order valence-corrected chi connectivity index (χ3v) is 3.05. The molecule has 7 heteroatoms. The number of ether oxygens (including phenoxy) is 1. The molecule has 7 nitrogen and oxygen atoms in total. The third-order valence-electron chi connectivity index (χ3n) is 3.05. The minimum atomic E-state index is -0.910. The van der Waals surface area contributed by atoms with Crippen molar-refractivity contribution in [1.82, 2.24) is 14.7 Å². The maximum atomic E-state index is 12.1. The van der Waals surface area contributed by atoms with E-state index in [1.807, 2.05) is 20.8 Å². The summed E-state index contributed by atoms with van der Waals surface area (Å²) >= 11 is 0. The largest absolute Gasteiger partial charge is 0.481 e. The molecule has 0 aromatic carbocycles. The van der Waals surface area contributed by atoms with Crippen LogP contribution in [0.5, 0.6) is 0 Å². The minimum Gasteiger partial charge on any atom is -0.481 e. The summed E-state index contributed by atoms with van der Waals surface area (Å²) in [4.78, 5) is 24.5. The lowest BCUT2D eigenvalue weighted by molar-refractivity contribution is -0.136. The van der Waals surface area contributed by atoms with Crippen LogP contribution < -0.4 is 0 Å². The molecule has 0 atom stereocenters. The van der Waals surface area contributed by atoms with Gasteiger partial charge in [0.25, 0.3) is 0 Å². The van der Waals surface area contributed by atoms with Crippen LogP contribution in [0.3, 0.4) is 0 Å². The van der Waals surface area contributed by atoms with Gasteiger partial charge in [-0.2, -0.15) is 5.10 Å². The lowest BCUT2D eigenvalue weighted by Crippen LogP contribution is -2.36. The van der Waals surface area contributed by atoms with Crippen molar-refractivity contribution in [2.24, 2.45) is 0 Å². The molecule has 1 aliphatic heterocycles. The average molecular weight is 295 g/mol. The van der Waals surface area contributed by atoms with E-state index in [1.54, 1.807) is 15.6 Å². The second kappa shape index (κ2) is 5.75. The summed E-state index contributed by atoms with van der Waals surface area (Å²) in [5.74, 6) is -0.910.